The van der Waals surface area contributed by atoms with Gasteiger partial charge in [0.15, 0.2) is 0 Å². The number of likely N-dealkylation sites (N-methyl/N-ethyl adjacent to an activating group) is 1. The second kappa shape index (κ2) is 4.99. The summed E-state index contributed by atoms with van der Waals surface area (Å²) in [5.41, 5.74) is 1.97. The molecule has 0 saturated carbocycles. The van der Waals surface area contributed by atoms with Crippen molar-refractivity contribution in [2.75, 3.05) is 20.1 Å². The first-order valence-electron chi connectivity index (χ1n) is 6.19. The predicted molar refractivity (Wildman–Crippen MR) is 72.1 cm³/mol. The lowest BCUT2D eigenvalue weighted by molar-refractivity contribution is 0.464. The van der Waals surface area contributed by atoms with Gasteiger partial charge in [-0.2, -0.15) is 4.31 Å². The van der Waals surface area contributed by atoms with E-state index in [0.717, 1.165) is 17.5 Å². The van der Waals surface area contributed by atoms with E-state index in [-0.39, 0.29) is 6.04 Å². The summed E-state index contributed by atoms with van der Waals surface area (Å²) in [5.74, 6) is 0. The van der Waals surface area contributed by atoms with Crippen LogP contribution in [0, 0.1) is 13.8 Å². The molecule has 1 heterocycles. The lowest BCUT2D eigenvalue weighted by Gasteiger charge is -2.17. The maximum atomic E-state index is 12.5. The van der Waals surface area contributed by atoms with Gasteiger partial charge in [0.1, 0.15) is 0 Å². The molecule has 4 nitrogen and oxygen atoms in total. The van der Waals surface area contributed by atoms with Crippen LogP contribution < -0.4 is 5.32 Å². The highest BCUT2D eigenvalue weighted by atomic mass is 32.2. The molecule has 2 rings (SSSR count). The normalized spacial score (nSPS) is 21.4. The summed E-state index contributed by atoms with van der Waals surface area (Å²) in [6.45, 7) is 5.01. The van der Waals surface area contributed by atoms with Crippen molar-refractivity contribution in [3.05, 3.63) is 29.3 Å². The number of aryl methyl sites for hydroxylation is 2. The topological polar surface area (TPSA) is 49.4 Å². The molecule has 1 aromatic carbocycles. The first-order valence-corrected chi connectivity index (χ1v) is 7.63. The van der Waals surface area contributed by atoms with Crippen molar-refractivity contribution < 1.29 is 8.42 Å². The average Bonchev–Trinajstić information content (AvgIpc) is 2.76. The number of hydrogen-bond acceptors (Lipinski definition) is 3. The quantitative estimate of drug-likeness (QED) is 0.898. The van der Waals surface area contributed by atoms with Gasteiger partial charge in [0, 0.05) is 19.1 Å². The largest absolute Gasteiger partial charge is 0.316 e. The summed E-state index contributed by atoms with van der Waals surface area (Å²) in [6, 6.07) is 5.74. The van der Waals surface area contributed by atoms with Gasteiger partial charge < -0.3 is 5.32 Å². The van der Waals surface area contributed by atoms with Gasteiger partial charge in [0.05, 0.1) is 4.90 Å². The van der Waals surface area contributed by atoms with E-state index in [2.05, 4.69) is 5.32 Å². The Kier molecular flexibility index (Phi) is 3.75. The van der Waals surface area contributed by atoms with Crippen LogP contribution in [0.3, 0.4) is 0 Å². The van der Waals surface area contributed by atoms with Crippen LogP contribution in [-0.4, -0.2) is 38.9 Å². The number of nitrogens with one attached hydrogen (secondary N) is 1. The molecule has 0 aromatic heterocycles. The third-order valence-corrected chi connectivity index (χ3v) is 5.24. The Morgan fingerprint density at radius 2 is 1.83 bits per heavy atom. The van der Waals surface area contributed by atoms with E-state index in [1.165, 1.54) is 0 Å². The fraction of sp³-hybridized carbons (Fsp3) is 0.538. The highest BCUT2D eigenvalue weighted by Crippen LogP contribution is 2.22. The van der Waals surface area contributed by atoms with Crippen molar-refractivity contribution in [2.24, 2.45) is 0 Å². The Morgan fingerprint density at radius 3 is 2.33 bits per heavy atom. The molecular formula is C13H20N2O2S. The van der Waals surface area contributed by atoms with Crippen molar-refractivity contribution in [3.63, 3.8) is 0 Å². The standard InChI is InChI=1S/C13H20N2O2S/c1-10-6-11(2)8-13(7-10)18(16,17)15-5-4-12(9-15)14-3/h6-8,12,14H,4-5,9H2,1-3H3. The summed E-state index contributed by atoms with van der Waals surface area (Å²) in [5, 5.41) is 3.13. The molecule has 1 atom stereocenters. The van der Waals surface area contributed by atoms with Gasteiger partial charge in [-0.3, -0.25) is 0 Å². The van der Waals surface area contributed by atoms with Gasteiger partial charge in [0.2, 0.25) is 10.0 Å². The summed E-state index contributed by atoms with van der Waals surface area (Å²) in [4.78, 5) is 0.414. The molecule has 5 heteroatoms. The minimum absolute atomic E-state index is 0.269. The minimum Gasteiger partial charge on any atom is -0.316 e. The molecule has 1 unspecified atom stereocenters. The summed E-state index contributed by atoms with van der Waals surface area (Å²) in [7, 11) is -1.46. The van der Waals surface area contributed by atoms with Gasteiger partial charge in [0.25, 0.3) is 0 Å². The smallest absolute Gasteiger partial charge is 0.243 e. The fourth-order valence-corrected chi connectivity index (χ4v) is 4.10. The van der Waals surface area contributed by atoms with E-state index in [4.69, 9.17) is 0 Å². The molecule has 1 saturated heterocycles. The van der Waals surface area contributed by atoms with Crippen LogP contribution in [0.4, 0.5) is 0 Å². The third kappa shape index (κ3) is 2.58. The minimum atomic E-state index is -3.33. The molecular weight excluding hydrogens is 248 g/mol. The number of benzene rings is 1. The zero-order valence-corrected chi connectivity index (χ0v) is 11.9. The Labute approximate surface area is 109 Å². The van der Waals surface area contributed by atoms with E-state index < -0.39 is 10.0 Å². The summed E-state index contributed by atoms with van der Waals surface area (Å²) in [6.07, 6.45) is 0.876. The lowest BCUT2D eigenvalue weighted by atomic mass is 10.2. The Hall–Kier alpha value is -0.910. The molecule has 0 bridgehead atoms. The molecule has 18 heavy (non-hydrogen) atoms. The van der Waals surface area contributed by atoms with E-state index in [1.807, 2.05) is 27.0 Å². The van der Waals surface area contributed by atoms with Gasteiger partial charge in [-0.15, -0.1) is 0 Å². The second-order valence-corrected chi connectivity index (χ2v) is 6.90. The SMILES string of the molecule is CNC1CCN(S(=O)(=O)c2cc(C)cc(C)c2)C1. The second-order valence-electron chi connectivity index (χ2n) is 4.96. The Balaban J connectivity index is 2.31. The van der Waals surface area contributed by atoms with Crippen molar-refractivity contribution in [1.29, 1.82) is 0 Å². The number of sulfonamides is 1. The van der Waals surface area contributed by atoms with Crippen molar-refractivity contribution in [1.82, 2.24) is 9.62 Å². The number of rotatable bonds is 3. The molecule has 1 N–H and O–H groups in total. The highest BCUT2D eigenvalue weighted by Gasteiger charge is 2.31. The third-order valence-electron chi connectivity index (χ3n) is 3.39. The molecule has 0 amide bonds. The van der Waals surface area contributed by atoms with Crippen molar-refractivity contribution >= 4 is 10.0 Å². The van der Waals surface area contributed by atoms with Crippen LogP contribution in [-0.2, 0) is 10.0 Å². The van der Waals surface area contributed by atoms with E-state index in [0.29, 0.717) is 18.0 Å². The van der Waals surface area contributed by atoms with Gasteiger partial charge in [-0.1, -0.05) is 6.07 Å². The average molecular weight is 268 g/mol. The Bertz CT molecular complexity index is 520. The fourth-order valence-electron chi connectivity index (χ4n) is 2.41. The van der Waals surface area contributed by atoms with E-state index >= 15 is 0 Å². The van der Waals surface area contributed by atoms with Gasteiger partial charge >= 0.3 is 0 Å². The first kappa shape index (κ1) is 13.5. The van der Waals surface area contributed by atoms with Gasteiger partial charge in [-0.05, 0) is 50.6 Å². The summed E-state index contributed by atoms with van der Waals surface area (Å²) >= 11 is 0. The van der Waals surface area contributed by atoms with Crippen LogP contribution in [0.1, 0.15) is 17.5 Å². The maximum Gasteiger partial charge on any atom is 0.243 e. The van der Waals surface area contributed by atoms with Crippen LogP contribution in [0.5, 0.6) is 0 Å². The van der Waals surface area contributed by atoms with Crippen molar-refractivity contribution in [2.45, 2.75) is 31.2 Å². The molecule has 100 valence electrons. The maximum absolute atomic E-state index is 12.5. The molecule has 1 aliphatic rings. The van der Waals surface area contributed by atoms with Crippen LogP contribution in [0.2, 0.25) is 0 Å². The number of hydrogen-bond donors (Lipinski definition) is 1. The lowest BCUT2D eigenvalue weighted by Crippen LogP contribution is -2.33. The molecule has 0 aliphatic carbocycles. The van der Waals surface area contributed by atoms with Crippen LogP contribution in [0.15, 0.2) is 23.1 Å². The van der Waals surface area contributed by atoms with Crippen molar-refractivity contribution in [3.8, 4) is 0 Å². The van der Waals surface area contributed by atoms with Crippen LogP contribution in [0.25, 0.3) is 0 Å². The monoisotopic (exact) mass is 268 g/mol. The molecule has 1 aromatic rings. The van der Waals surface area contributed by atoms with E-state index in [1.54, 1.807) is 16.4 Å². The molecule has 0 spiro atoms. The first-order chi connectivity index (χ1) is 8.43. The molecule has 1 fully saturated rings. The zero-order valence-electron chi connectivity index (χ0n) is 11.1. The molecule has 1 aliphatic heterocycles. The van der Waals surface area contributed by atoms with E-state index in [9.17, 15) is 8.42 Å². The number of nitrogens with zero attached hydrogens (tertiary/aromatic N) is 1. The highest BCUT2D eigenvalue weighted by molar-refractivity contribution is 7.89. The predicted octanol–water partition coefficient (Wildman–Crippen LogP) is 1.29. The summed E-state index contributed by atoms with van der Waals surface area (Å²) < 4.78 is 26.6. The Morgan fingerprint density at radius 1 is 1.22 bits per heavy atom. The molecule has 0 radical (unpaired) electrons. The van der Waals surface area contributed by atoms with Crippen LogP contribution >= 0.6 is 0 Å². The van der Waals surface area contributed by atoms with Gasteiger partial charge in [-0.25, -0.2) is 8.42 Å². The zero-order chi connectivity index (χ0) is 13.3.